The number of rotatable bonds is 4. The number of aliphatic hydroxyl groups is 5. The number of fused-ring (bicyclic) bond motifs is 1. The first-order valence-electron chi connectivity index (χ1n) is 23.4. The lowest BCUT2D eigenvalue weighted by molar-refractivity contribution is -0.194. The highest BCUT2D eigenvalue weighted by atomic mass is 33.1. The lowest BCUT2D eigenvalue weighted by Crippen LogP contribution is -2.68. The number of ketones is 1. The van der Waals surface area contributed by atoms with Crippen LogP contribution in [-0.2, 0) is 20.7 Å². The van der Waals surface area contributed by atoms with E-state index in [1.807, 2.05) is 11.0 Å². The summed E-state index contributed by atoms with van der Waals surface area (Å²) in [5.74, 6) is 0.665. The Morgan fingerprint density at radius 3 is 2.54 bits per heavy atom. The van der Waals surface area contributed by atoms with E-state index in [1.165, 1.54) is 0 Å². The molecule has 5 heterocycles. The third-order valence-corrected chi connectivity index (χ3v) is 22.0. The first-order chi connectivity index (χ1) is 29.0. The number of nitrogens with zero attached hydrogens (tertiary/aromatic N) is 1. The summed E-state index contributed by atoms with van der Waals surface area (Å²) in [5, 5.41) is 72.3. The molecule has 6 fully saturated rings. The molecule has 1 amide bonds. The lowest BCUT2D eigenvalue weighted by Gasteiger charge is -2.66. The molecule has 10 nitrogen and oxygen atoms in total. The van der Waals surface area contributed by atoms with Crippen LogP contribution in [0.15, 0.2) is 42.0 Å². The van der Waals surface area contributed by atoms with Crippen molar-refractivity contribution in [3.63, 3.8) is 0 Å². The molecule has 1 aromatic carbocycles. The van der Waals surface area contributed by atoms with Gasteiger partial charge in [0.15, 0.2) is 5.78 Å². The average molecular weight is 878 g/mol. The summed E-state index contributed by atoms with van der Waals surface area (Å²) in [6.45, 7) is 9.10. The normalized spacial score (nSPS) is 48.4. The van der Waals surface area contributed by atoms with E-state index in [0.29, 0.717) is 74.6 Å². The maximum Gasteiger partial charge on any atom is 0.233 e. The van der Waals surface area contributed by atoms with Crippen molar-refractivity contribution < 1.29 is 45.0 Å². The zero-order chi connectivity index (χ0) is 43.1. The van der Waals surface area contributed by atoms with Gasteiger partial charge in [-0.1, -0.05) is 67.9 Å². The van der Waals surface area contributed by atoms with Gasteiger partial charge in [0.1, 0.15) is 17.5 Å². The van der Waals surface area contributed by atoms with Crippen molar-refractivity contribution in [2.75, 3.05) is 29.6 Å². The topological polar surface area (TPSA) is 171 Å². The summed E-state index contributed by atoms with van der Waals surface area (Å²) >= 11 is 0. The van der Waals surface area contributed by atoms with Gasteiger partial charge >= 0.3 is 0 Å². The number of phenolic OH excluding ortho intramolecular Hbond substituents is 1. The second-order valence-corrected chi connectivity index (χ2v) is 24.3. The van der Waals surface area contributed by atoms with Crippen LogP contribution in [0.5, 0.6) is 5.75 Å². The summed E-state index contributed by atoms with van der Waals surface area (Å²) in [7, 11) is 3.30. The molecule has 0 radical (unpaired) electrons. The molecule has 16 atom stereocenters. The number of allylic oxidation sites excluding steroid dienone is 2. The number of benzene rings is 1. The van der Waals surface area contributed by atoms with Gasteiger partial charge in [-0.25, -0.2) is 0 Å². The number of amides is 1. The smallest absolute Gasteiger partial charge is 0.233 e. The van der Waals surface area contributed by atoms with Gasteiger partial charge in [-0.2, -0.15) is 0 Å². The molecule has 12 heteroatoms. The second-order valence-electron chi connectivity index (χ2n) is 21.8. The molecule has 8 bridgehead atoms. The summed E-state index contributed by atoms with van der Waals surface area (Å²) in [6.07, 6.45) is 9.92. The fourth-order valence-corrected chi connectivity index (χ4v) is 19.0. The maximum absolute atomic E-state index is 15.3. The Balaban J connectivity index is 1.14. The van der Waals surface area contributed by atoms with Crippen LogP contribution in [0, 0.1) is 63.1 Å². The minimum atomic E-state index is -1.47. The molecule has 6 aliphatic carbocycles. The molecule has 0 unspecified atom stereocenters. The summed E-state index contributed by atoms with van der Waals surface area (Å²) in [6, 6.07) is 5.45. The number of epoxide rings is 1. The molecular formula is C49H67NO9S2. The minimum absolute atomic E-state index is 0.00455. The second kappa shape index (κ2) is 14.8. The lowest BCUT2D eigenvalue weighted by atomic mass is 9.39. The number of aromatic hydroxyl groups is 1. The van der Waals surface area contributed by atoms with Gasteiger partial charge in [0.05, 0.1) is 34.7 Å². The molecule has 1 aromatic rings. The molecule has 11 aliphatic rings. The Morgan fingerprint density at radius 2 is 1.77 bits per heavy atom. The van der Waals surface area contributed by atoms with Crippen LogP contribution in [0.4, 0.5) is 5.69 Å². The number of carbonyl (C=O) groups excluding carboxylic acids is 2. The Morgan fingerprint density at radius 1 is 0.984 bits per heavy atom. The highest BCUT2D eigenvalue weighted by Crippen LogP contribution is 2.75. The van der Waals surface area contributed by atoms with Crippen LogP contribution in [0.3, 0.4) is 0 Å². The van der Waals surface area contributed by atoms with Gasteiger partial charge in [-0.15, -0.1) is 0 Å². The van der Waals surface area contributed by atoms with E-state index in [0.717, 1.165) is 30.4 Å². The van der Waals surface area contributed by atoms with Crippen molar-refractivity contribution in [1.29, 1.82) is 0 Å². The molecule has 4 saturated carbocycles. The Labute approximate surface area is 368 Å². The van der Waals surface area contributed by atoms with Crippen LogP contribution in [-0.4, -0.2) is 103 Å². The fraction of sp³-hybridized carbons (Fsp3) is 0.755. The van der Waals surface area contributed by atoms with Crippen molar-refractivity contribution in [3.05, 3.63) is 47.6 Å². The van der Waals surface area contributed by atoms with Crippen LogP contribution in [0.2, 0.25) is 0 Å². The Hall–Kier alpha value is -1.90. The van der Waals surface area contributed by atoms with Gasteiger partial charge in [0, 0.05) is 47.7 Å². The zero-order valence-electron chi connectivity index (χ0n) is 36.3. The predicted molar refractivity (Wildman–Crippen MR) is 237 cm³/mol. The quantitative estimate of drug-likeness (QED) is 0.113. The van der Waals surface area contributed by atoms with Crippen molar-refractivity contribution in [1.82, 2.24) is 0 Å². The van der Waals surface area contributed by atoms with E-state index < -0.39 is 51.2 Å². The first-order valence-corrected chi connectivity index (χ1v) is 25.9. The van der Waals surface area contributed by atoms with E-state index in [2.05, 4.69) is 39.8 Å². The maximum atomic E-state index is 15.3. The van der Waals surface area contributed by atoms with Crippen LogP contribution in [0.25, 0.3) is 0 Å². The van der Waals surface area contributed by atoms with Crippen molar-refractivity contribution >= 4 is 39.0 Å². The Kier molecular flexibility index (Phi) is 10.4. The standard InChI is InChI=1S/C49H67NO9S2/c1-27(2)28(3)41-42(59-41)48(57)12-6-9-30-19-35-36-21-40(55)45(23-38(54)37(53)22-44(35,45)4)26-61-60-25-32-8-5-7-31(24-51)46(32)15-16-50(43(46)56)33-17-29(18-34(52)20-33)10-13-47(30)39(48)11-14-49(36,47)58/h6,9,17-18,20-21,27-28,30-32,35,37-39,41-42,51-54,57-58H,5,7-8,10-16,19,22-26H2,1-4H3/t28-,30-,31-,32-,35+,37+,38-,39+,41+,42-,44-,45-,46-,47-,48-,49-/m1/s1. The Bertz CT molecular complexity index is 2030. The molecule has 0 aromatic heterocycles. The molecule has 3 spiro atoms. The molecule has 334 valence electrons. The molecule has 61 heavy (non-hydrogen) atoms. The minimum Gasteiger partial charge on any atom is -0.508 e. The van der Waals surface area contributed by atoms with E-state index in [9.17, 15) is 35.4 Å². The number of ether oxygens (including phenoxy) is 1. The van der Waals surface area contributed by atoms with E-state index in [-0.39, 0.29) is 78.5 Å². The van der Waals surface area contributed by atoms with Crippen LogP contribution in [0.1, 0.15) is 104 Å². The van der Waals surface area contributed by atoms with E-state index in [1.54, 1.807) is 39.8 Å². The molecule has 6 N–H and O–H groups in total. The first kappa shape index (κ1) is 43.0. The number of carbonyl (C=O) groups is 2. The average Bonchev–Trinajstić information content (AvgIpc) is 3.90. The molecule has 2 saturated heterocycles. The number of aryl methyl sites for hydroxylation is 1. The molecular weight excluding hydrogens is 811 g/mol. The molecule has 5 aliphatic heterocycles. The van der Waals surface area contributed by atoms with Gasteiger partial charge in [-0.3, -0.25) is 9.59 Å². The summed E-state index contributed by atoms with van der Waals surface area (Å²) in [4.78, 5) is 32.1. The number of anilines is 1. The molecule has 12 rings (SSSR count). The van der Waals surface area contributed by atoms with Gasteiger partial charge in [-0.05, 0) is 141 Å². The van der Waals surface area contributed by atoms with Crippen LogP contribution >= 0.6 is 21.6 Å². The number of aliphatic hydroxyl groups excluding tert-OH is 3. The fourth-order valence-electron chi connectivity index (χ4n) is 15.7. The SMILES string of the molecule is CC(C)[C@@H](C)[C@@H]1O[C@H]1[C@@]1(O)CC=C[C@@H]2C[C@H]3C4=CC(=O)[C@]5(CSSC[C@H]6CCC[C@H](CO)[C@]67CCN(C7=O)c6cc(O)cc(c6)CC[C@]26[C@@H]1CC[C@@]46O)C[C@@H](O)[C@@H](O)C[C@]35C. The zero-order valence-corrected chi connectivity index (χ0v) is 37.9. The van der Waals surface area contributed by atoms with E-state index >= 15 is 4.79 Å². The number of phenols is 1. The third kappa shape index (κ3) is 5.83. The number of hydrogen-bond donors (Lipinski definition) is 6. The highest BCUT2D eigenvalue weighted by molar-refractivity contribution is 8.76. The third-order valence-electron chi connectivity index (χ3n) is 19.4. The van der Waals surface area contributed by atoms with Crippen molar-refractivity contribution in [2.24, 2.45) is 63.1 Å². The predicted octanol–water partition coefficient (Wildman–Crippen LogP) is 6.38. The largest absolute Gasteiger partial charge is 0.508 e. The monoisotopic (exact) mass is 877 g/mol. The van der Waals surface area contributed by atoms with E-state index in [4.69, 9.17) is 4.74 Å². The van der Waals surface area contributed by atoms with Gasteiger partial charge in [0.2, 0.25) is 5.91 Å². The van der Waals surface area contributed by atoms with Gasteiger partial charge in [0.25, 0.3) is 0 Å². The summed E-state index contributed by atoms with van der Waals surface area (Å²) < 4.78 is 6.48. The highest BCUT2D eigenvalue weighted by Gasteiger charge is 2.77. The van der Waals surface area contributed by atoms with Crippen molar-refractivity contribution in [2.45, 2.75) is 140 Å². The van der Waals surface area contributed by atoms with Crippen molar-refractivity contribution in [3.8, 4) is 5.75 Å². The van der Waals surface area contributed by atoms with Gasteiger partial charge < -0.3 is 40.3 Å². The number of hydrogen-bond acceptors (Lipinski definition) is 11. The summed E-state index contributed by atoms with van der Waals surface area (Å²) in [5.41, 5.74) is -3.97. The van der Waals surface area contributed by atoms with Crippen LogP contribution < -0.4 is 4.90 Å².